The molecule has 0 N–H and O–H groups in total. The van der Waals surface area contributed by atoms with E-state index >= 15 is 0 Å². The minimum absolute atomic E-state index is 0.0700. The van der Waals surface area contributed by atoms with Crippen LogP contribution in [0.3, 0.4) is 0 Å². The fraction of sp³-hybridized carbons (Fsp3) is 0.467. The van der Waals surface area contributed by atoms with Gasteiger partial charge < -0.3 is 18.9 Å². The predicted octanol–water partition coefficient (Wildman–Crippen LogP) is 6.55. The summed E-state index contributed by atoms with van der Waals surface area (Å²) in [6.45, 7) is 0. The molecule has 0 heterocycles. The van der Waals surface area contributed by atoms with Gasteiger partial charge in [0.2, 0.25) is 0 Å². The molecular formula is C30H35Br3O8. The van der Waals surface area contributed by atoms with Crippen LogP contribution in [0.2, 0.25) is 0 Å². The van der Waals surface area contributed by atoms with Crippen LogP contribution in [0.5, 0.6) is 0 Å². The second-order valence-electron chi connectivity index (χ2n) is 9.89. The van der Waals surface area contributed by atoms with Crippen LogP contribution in [0.1, 0.15) is 49.1 Å². The number of carbonyl (C=O) groups excluding carboxylic acids is 4. The third-order valence-electron chi connectivity index (χ3n) is 7.04. The van der Waals surface area contributed by atoms with E-state index in [1.165, 1.54) is 28.4 Å². The van der Waals surface area contributed by atoms with Gasteiger partial charge >= 0.3 is 23.9 Å². The molecule has 0 aromatic heterocycles. The molecule has 2 aromatic carbocycles. The first-order chi connectivity index (χ1) is 19.5. The lowest BCUT2D eigenvalue weighted by Gasteiger charge is -2.20. The summed E-state index contributed by atoms with van der Waals surface area (Å²) in [5.41, 5.74) is 1.16. The molecule has 224 valence electrons. The molecule has 2 fully saturated rings. The van der Waals surface area contributed by atoms with Gasteiger partial charge in [-0.15, -0.1) is 0 Å². The molecular weight excluding hydrogens is 728 g/mol. The number of ether oxygens (including phenoxy) is 4. The lowest BCUT2D eigenvalue weighted by Crippen LogP contribution is -2.25. The van der Waals surface area contributed by atoms with Crippen LogP contribution in [-0.4, -0.2) is 57.6 Å². The number of esters is 4. The number of halogens is 3. The lowest BCUT2D eigenvalue weighted by molar-refractivity contribution is -0.149. The van der Waals surface area contributed by atoms with Crippen LogP contribution in [0, 0.1) is 10.8 Å². The Bertz CT molecular complexity index is 1170. The van der Waals surface area contributed by atoms with Crippen molar-refractivity contribution in [2.45, 2.75) is 44.4 Å². The number of alkyl halides is 1. The van der Waals surface area contributed by atoms with E-state index in [1.807, 2.05) is 48.5 Å². The van der Waals surface area contributed by atoms with Crippen molar-refractivity contribution < 1.29 is 38.1 Å². The van der Waals surface area contributed by atoms with Crippen LogP contribution in [0.15, 0.2) is 57.5 Å². The molecule has 0 spiro atoms. The first kappa shape index (κ1) is 35.0. The first-order valence-corrected chi connectivity index (χ1v) is 15.6. The maximum Gasteiger partial charge on any atom is 0.313 e. The Morgan fingerprint density at radius 2 is 1.17 bits per heavy atom. The predicted molar refractivity (Wildman–Crippen MR) is 165 cm³/mol. The third-order valence-corrected chi connectivity index (χ3v) is 9.17. The molecule has 2 saturated carbocycles. The number of hydrogen-bond donors (Lipinski definition) is 0. The maximum atomic E-state index is 12.0. The minimum Gasteiger partial charge on any atom is -0.469 e. The summed E-state index contributed by atoms with van der Waals surface area (Å²) in [5.74, 6) is -1.27. The fourth-order valence-electron chi connectivity index (χ4n) is 4.03. The highest BCUT2D eigenvalue weighted by molar-refractivity contribution is 9.10. The minimum atomic E-state index is -0.513. The van der Waals surface area contributed by atoms with Crippen molar-refractivity contribution in [3.63, 3.8) is 0 Å². The normalized spacial score (nSPS) is 15.8. The van der Waals surface area contributed by atoms with E-state index in [1.54, 1.807) is 0 Å². The molecule has 0 radical (unpaired) electrons. The van der Waals surface area contributed by atoms with E-state index in [4.69, 9.17) is 9.47 Å². The summed E-state index contributed by atoms with van der Waals surface area (Å²) in [7, 11) is 5.58. The van der Waals surface area contributed by atoms with E-state index in [9.17, 15) is 19.2 Å². The van der Waals surface area contributed by atoms with E-state index < -0.39 is 11.3 Å². The molecule has 0 bridgehead atoms. The van der Waals surface area contributed by atoms with Gasteiger partial charge in [-0.3, -0.25) is 19.2 Å². The van der Waals surface area contributed by atoms with Crippen molar-refractivity contribution in [1.29, 1.82) is 0 Å². The number of carbonyl (C=O) groups is 4. The second-order valence-corrected chi connectivity index (χ2v) is 12.3. The standard InChI is InChI=1S/C15H17BrO4.C9H9BrO2.C6H9BrO2/c1-19-13(17)12(10-3-5-11(16)6-4-10)9-15(7-8-15)14(18)20-2;1-12-9(11)6-7-2-4-8(10)5-3-7;1-9-5(8)6(4-7)2-3-6/h3-6,12H,7-9H2,1-2H3;2-5H,6H2,1H3;2-4H2,1H3. The Morgan fingerprint density at radius 3 is 1.54 bits per heavy atom. The van der Waals surface area contributed by atoms with Gasteiger partial charge in [0.25, 0.3) is 0 Å². The number of hydrogen-bond acceptors (Lipinski definition) is 8. The van der Waals surface area contributed by atoms with E-state index in [0.717, 1.165) is 51.1 Å². The number of rotatable bonds is 9. The summed E-state index contributed by atoms with van der Waals surface area (Å²) in [6, 6.07) is 15.1. The molecule has 4 rings (SSSR count). The largest absolute Gasteiger partial charge is 0.469 e. The van der Waals surface area contributed by atoms with Crippen molar-refractivity contribution in [3.05, 3.63) is 68.6 Å². The van der Waals surface area contributed by atoms with Crippen LogP contribution < -0.4 is 0 Å². The SMILES string of the molecule is COC(=O)C(CC1(C(=O)OC)CC1)c1ccc(Br)cc1.COC(=O)C1(CBr)CC1.COC(=O)Cc1ccc(Br)cc1. The fourth-order valence-corrected chi connectivity index (χ4v) is 5.34. The zero-order valence-electron chi connectivity index (χ0n) is 23.5. The Labute approximate surface area is 266 Å². The average Bonchev–Trinajstić information content (AvgIpc) is 3.93. The van der Waals surface area contributed by atoms with Gasteiger partial charge in [-0.1, -0.05) is 72.1 Å². The summed E-state index contributed by atoms with van der Waals surface area (Å²) >= 11 is 9.95. The van der Waals surface area contributed by atoms with E-state index in [2.05, 4.69) is 57.3 Å². The monoisotopic (exact) mass is 760 g/mol. The first-order valence-electron chi connectivity index (χ1n) is 12.9. The highest BCUT2D eigenvalue weighted by atomic mass is 79.9. The van der Waals surface area contributed by atoms with Gasteiger partial charge in [0, 0.05) is 14.3 Å². The van der Waals surface area contributed by atoms with Crippen molar-refractivity contribution >= 4 is 71.7 Å². The molecule has 2 aliphatic rings. The molecule has 1 unspecified atom stereocenters. The van der Waals surface area contributed by atoms with E-state index in [0.29, 0.717) is 12.8 Å². The molecule has 0 saturated heterocycles. The number of methoxy groups -OCH3 is 4. The molecule has 2 aliphatic carbocycles. The van der Waals surface area contributed by atoms with Crippen molar-refractivity contribution in [1.82, 2.24) is 0 Å². The Balaban J connectivity index is 0.000000237. The molecule has 11 heteroatoms. The Morgan fingerprint density at radius 1 is 0.707 bits per heavy atom. The highest BCUT2D eigenvalue weighted by Gasteiger charge is 2.53. The molecule has 41 heavy (non-hydrogen) atoms. The summed E-state index contributed by atoms with van der Waals surface area (Å²) < 4.78 is 20.8. The Hall–Kier alpha value is -2.24. The van der Waals surface area contributed by atoms with Crippen molar-refractivity contribution in [2.24, 2.45) is 10.8 Å². The molecule has 1 atom stereocenters. The summed E-state index contributed by atoms with van der Waals surface area (Å²) in [5, 5.41) is 0.743. The van der Waals surface area contributed by atoms with Gasteiger partial charge in [-0.2, -0.15) is 0 Å². The lowest BCUT2D eigenvalue weighted by atomic mass is 9.87. The zero-order chi connectivity index (χ0) is 30.6. The van der Waals surface area contributed by atoms with Gasteiger partial charge in [-0.25, -0.2) is 0 Å². The molecule has 0 amide bonds. The van der Waals surface area contributed by atoms with Crippen LogP contribution in [-0.2, 0) is 44.5 Å². The van der Waals surface area contributed by atoms with Gasteiger partial charge in [0.05, 0.1) is 51.6 Å². The second kappa shape index (κ2) is 16.4. The van der Waals surface area contributed by atoms with Gasteiger partial charge in [-0.05, 0) is 67.5 Å². The average molecular weight is 763 g/mol. The van der Waals surface area contributed by atoms with Crippen LogP contribution in [0.25, 0.3) is 0 Å². The zero-order valence-corrected chi connectivity index (χ0v) is 28.3. The highest BCUT2D eigenvalue weighted by Crippen LogP contribution is 2.53. The van der Waals surface area contributed by atoms with Crippen molar-refractivity contribution in [2.75, 3.05) is 33.8 Å². The van der Waals surface area contributed by atoms with Gasteiger partial charge in [0.1, 0.15) is 0 Å². The quantitative estimate of drug-likeness (QED) is 0.161. The summed E-state index contributed by atoms with van der Waals surface area (Å²) in [6.07, 6.45) is 4.26. The van der Waals surface area contributed by atoms with E-state index in [-0.39, 0.29) is 29.3 Å². The van der Waals surface area contributed by atoms with Crippen LogP contribution >= 0.6 is 47.8 Å². The molecule has 2 aromatic rings. The maximum absolute atomic E-state index is 12.0. The third kappa shape index (κ3) is 10.5. The smallest absolute Gasteiger partial charge is 0.313 e. The topological polar surface area (TPSA) is 105 Å². The molecule has 8 nitrogen and oxygen atoms in total. The molecule has 0 aliphatic heterocycles. The summed E-state index contributed by atoms with van der Waals surface area (Å²) in [4.78, 5) is 45.6. The van der Waals surface area contributed by atoms with Crippen LogP contribution in [0.4, 0.5) is 0 Å². The number of benzene rings is 2. The Kier molecular flexibility index (Phi) is 14.0. The van der Waals surface area contributed by atoms with Crippen molar-refractivity contribution in [3.8, 4) is 0 Å². The van der Waals surface area contributed by atoms with Gasteiger partial charge in [0.15, 0.2) is 0 Å².